The molecule has 0 saturated carbocycles. The lowest BCUT2D eigenvalue weighted by Gasteiger charge is -2.32. The molecule has 0 unspecified atom stereocenters. The lowest BCUT2D eigenvalue weighted by atomic mass is 9.72. The summed E-state index contributed by atoms with van der Waals surface area (Å²) >= 11 is 0. The molecule has 0 N–H and O–H groups in total. The minimum Gasteiger partial charge on any atom is -0.295 e. The highest BCUT2D eigenvalue weighted by Gasteiger charge is 2.30. The van der Waals surface area contributed by atoms with Crippen molar-refractivity contribution in [2.24, 2.45) is 5.41 Å². The van der Waals surface area contributed by atoms with Crippen molar-refractivity contribution in [3.63, 3.8) is 0 Å². The van der Waals surface area contributed by atoms with Crippen molar-refractivity contribution in [3.05, 3.63) is 47.1 Å². The summed E-state index contributed by atoms with van der Waals surface area (Å²) < 4.78 is 0. The third-order valence-corrected chi connectivity index (χ3v) is 3.73. The largest absolute Gasteiger partial charge is 0.295 e. The molecule has 0 aromatic carbocycles. The van der Waals surface area contributed by atoms with Crippen LogP contribution in [0.2, 0.25) is 0 Å². The van der Waals surface area contributed by atoms with E-state index >= 15 is 0 Å². The summed E-state index contributed by atoms with van der Waals surface area (Å²) in [4.78, 5) is 22.6. The lowest BCUT2D eigenvalue weighted by Crippen LogP contribution is -2.24. The van der Waals surface area contributed by atoms with Crippen LogP contribution in [0.3, 0.4) is 0 Å². The van der Waals surface area contributed by atoms with E-state index in [-0.39, 0.29) is 17.0 Å². The average Bonchev–Trinajstić information content (AvgIpc) is 2.33. The third kappa shape index (κ3) is 4.44. The summed E-state index contributed by atoms with van der Waals surface area (Å²) in [6.07, 6.45) is 10.8. The van der Waals surface area contributed by atoms with E-state index in [2.05, 4.69) is 13.8 Å². The molecule has 0 fully saturated rings. The van der Waals surface area contributed by atoms with Gasteiger partial charge in [0.2, 0.25) is 0 Å². The van der Waals surface area contributed by atoms with Crippen LogP contribution in [0.25, 0.3) is 0 Å². The van der Waals surface area contributed by atoms with Crippen molar-refractivity contribution in [1.82, 2.24) is 0 Å². The standard InChI is InChI=1S/C18H24O2/c1-13(7-6-8-14(2)19)9-10-16-15(3)17(20)11-12-18(16,4)5/h6-10H,11-12H2,1-5H3/b8-6+,10-9+,13-7+. The van der Waals surface area contributed by atoms with E-state index in [0.717, 1.165) is 23.1 Å². The Balaban J connectivity index is 2.95. The molecule has 1 aliphatic rings. The molecule has 2 nitrogen and oxygen atoms in total. The Kier molecular flexibility index (Phi) is 5.43. The third-order valence-electron chi connectivity index (χ3n) is 3.73. The van der Waals surface area contributed by atoms with Crippen LogP contribution in [-0.2, 0) is 9.59 Å². The number of carbonyl (C=O) groups is 2. The quantitative estimate of drug-likeness (QED) is 0.563. The Morgan fingerprint density at radius 2 is 1.85 bits per heavy atom. The van der Waals surface area contributed by atoms with Crippen molar-refractivity contribution in [2.45, 2.75) is 47.5 Å². The monoisotopic (exact) mass is 272 g/mol. The van der Waals surface area contributed by atoms with Gasteiger partial charge in [-0.25, -0.2) is 0 Å². The van der Waals surface area contributed by atoms with Crippen LogP contribution in [0, 0.1) is 5.41 Å². The summed E-state index contributed by atoms with van der Waals surface area (Å²) in [7, 11) is 0. The Hall–Kier alpha value is -1.70. The highest BCUT2D eigenvalue weighted by atomic mass is 16.1. The van der Waals surface area contributed by atoms with Crippen LogP contribution in [0.5, 0.6) is 0 Å². The molecule has 1 rings (SSSR count). The zero-order valence-corrected chi connectivity index (χ0v) is 13.1. The Labute approximate surface area is 122 Å². The molecule has 0 aromatic rings. The molecular formula is C18H24O2. The lowest BCUT2D eigenvalue weighted by molar-refractivity contribution is -0.116. The molecule has 0 amide bonds. The van der Waals surface area contributed by atoms with Gasteiger partial charge >= 0.3 is 0 Å². The topological polar surface area (TPSA) is 34.1 Å². The first kappa shape index (κ1) is 16.4. The smallest absolute Gasteiger partial charge is 0.158 e. The predicted octanol–water partition coefficient (Wildman–Crippen LogP) is 4.34. The molecule has 0 aromatic heterocycles. The number of carbonyl (C=O) groups excluding carboxylic acids is 2. The van der Waals surface area contributed by atoms with E-state index < -0.39 is 0 Å². The maximum Gasteiger partial charge on any atom is 0.158 e. The SMILES string of the molecule is CC(=O)/C=C/C=C(C)/C=C/C1=C(C)C(=O)CCC1(C)C. The van der Waals surface area contributed by atoms with Gasteiger partial charge in [0.15, 0.2) is 11.6 Å². The molecule has 0 saturated heterocycles. The summed E-state index contributed by atoms with van der Waals surface area (Å²) in [5.74, 6) is 0.290. The second kappa shape index (κ2) is 6.65. The van der Waals surface area contributed by atoms with Gasteiger partial charge in [0.1, 0.15) is 0 Å². The molecule has 20 heavy (non-hydrogen) atoms. The first-order chi connectivity index (χ1) is 9.24. The van der Waals surface area contributed by atoms with Gasteiger partial charge in [0.05, 0.1) is 0 Å². The summed E-state index contributed by atoms with van der Waals surface area (Å²) in [5, 5.41) is 0. The van der Waals surface area contributed by atoms with Gasteiger partial charge in [-0.2, -0.15) is 0 Å². The zero-order valence-electron chi connectivity index (χ0n) is 13.1. The maximum absolute atomic E-state index is 11.8. The van der Waals surface area contributed by atoms with Crippen molar-refractivity contribution in [3.8, 4) is 0 Å². The van der Waals surface area contributed by atoms with E-state index in [0.29, 0.717) is 6.42 Å². The molecular weight excluding hydrogens is 248 g/mol. The zero-order chi connectivity index (χ0) is 15.3. The fourth-order valence-corrected chi connectivity index (χ4v) is 2.36. The van der Waals surface area contributed by atoms with Gasteiger partial charge in [0.25, 0.3) is 0 Å². The normalized spacial score (nSPS) is 20.2. The number of hydrogen-bond acceptors (Lipinski definition) is 2. The second-order valence-electron chi connectivity index (χ2n) is 6.06. The van der Waals surface area contributed by atoms with Gasteiger partial charge in [-0.3, -0.25) is 9.59 Å². The fraction of sp³-hybridized carbons (Fsp3) is 0.444. The number of Topliss-reactive ketones (excluding diaryl/α,β-unsaturated/α-hetero) is 1. The summed E-state index contributed by atoms with van der Waals surface area (Å²) in [5.41, 5.74) is 3.10. The van der Waals surface area contributed by atoms with Crippen LogP contribution in [0.15, 0.2) is 47.1 Å². The molecule has 0 radical (unpaired) electrons. The molecule has 0 atom stereocenters. The molecule has 2 heteroatoms. The van der Waals surface area contributed by atoms with Gasteiger partial charge in [-0.05, 0) is 49.8 Å². The predicted molar refractivity (Wildman–Crippen MR) is 83.4 cm³/mol. The molecule has 108 valence electrons. The molecule has 0 spiro atoms. The Bertz CT molecular complexity index is 526. The van der Waals surface area contributed by atoms with Crippen LogP contribution >= 0.6 is 0 Å². The van der Waals surface area contributed by atoms with E-state index in [9.17, 15) is 9.59 Å². The maximum atomic E-state index is 11.8. The molecule has 0 heterocycles. The first-order valence-electron chi connectivity index (χ1n) is 7.02. The van der Waals surface area contributed by atoms with Crippen LogP contribution in [0.1, 0.15) is 47.5 Å². The number of ketones is 2. The fourth-order valence-electron chi connectivity index (χ4n) is 2.36. The van der Waals surface area contributed by atoms with Crippen LogP contribution in [0.4, 0.5) is 0 Å². The van der Waals surface area contributed by atoms with Gasteiger partial charge in [0, 0.05) is 6.42 Å². The van der Waals surface area contributed by atoms with E-state index in [1.165, 1.54) is 13.0 Å². The second-order valence-corrected chi connectivity index (χ2v) is 6.06. The van der Waals surface area contributed by atoms with Gasteiger partial charge < -0.3 is 0 Å². The molecule has 0 bridgehead atoms. The Morgan fingerprint density at radius 3 is 2.45 bits per heavy atom. The number of rotatable bonds is 4. The summed E-state index contributed by atoms with van der Waals surface area (Å²) in [6, 6.07) is 0. The number of hydrogen-bond donors (Lipinski definition) is 0. The molecule has 0 aliphatic heterocycles. The van der Waals surface area contributed by atoms with E-state index in [1.807, 2.05) is 32.1 Å². The van der Waals surface area contributed by atoms with E-state index in [1.54, 1.807) is 6.08 Å². The Morgan fingerprint density at radius 1 is 1.20 bits per heavy atom. The highest BCUT2D eigenvalue weighted by molar-refractivity contribution is 5.97. The molecule has 1 aliphatic carbocycles. The minimum absolute atomic E-state index is 0.0376. The number of allylic oxidation sites excluding steroid dienone is 8. The summed E-state index contributed by atoms with van der Waals surface area (Å²) in [6.45, 7) is 9.78. The van der Waals surface area contributed by atoms with Crippen molar-refractivity contribution < 1.29 is 9.59 Å². The minimum atomic E-state index is 0.0376. The van der Waals surface area contributed by atoms with Crippen LogP contribution in [-0.4, -0.2) is 11.6 Å². The average molecular weight is 272 g/mol. The highest BCUT2D eigenvalue weighted by Crippen LogP contribution is 2.39. The van der Waals surface area contributed by atoms with Crippen molar-refractivity contribution >= 4 is 11.6 Å². The first-order valence-corrected chi connectivity index (χ1v) is 7.02. The van der Waals surface area contributed by atoms with Crippen LogP contribution < -0.4 is 0 Å². The van der Waals surface area contributed by atoms with E-state index in [4.69, 9.17) is 0 Å². The van der Waals surface area contributed by atoms with Gasteiger partial charge in [-0.1, -0.05) is 43.7 Å². The van der Waals surface area contributed by atoms with Gasteiger partial charge in [-0.15, -0.1) is 0 Å². The van der Waals surface area contributed by atoms with Crippen molar-refractivity contribution in [2.75, 3.05) is 0 Å². The van der Waals surface area contributed by atoms with Crippen molar-refractivity contribution in [1.29, 1.82) is 0 Å².